The highest BCUT2D eigenvalue weighted by Crippen LogP contribution is 2.58. The van der Waals surface area contributed by atoms with Crippen molar-refractivity contribution in [2.75, 3.05) is 0 Å². The van der Waals surface area contributed by atoms with Gasteiger partial charge in [0.15, 0.2) is 0 Å². The van der Waals surface area contributed by atoms with Gasteiger partial charge in [-0.1, -0.05) is 13.0 Å². The summed E-state index contributed by atoms with van der Waals surface area (Å²) in [5, 5.41) is 10.4. The molecular formula is C13H16F2O. The number of hydrogen-bond donors (Lipinski definition) is 1. The number of halogens is 2. The summed E-state index contributed by atoms with van der Waals surface area (Å²) >= 11 is 0. The molecule has 1 aromatic rings. The lowest BCUT2D eigenvalue weighted by Gasteiger charge is -2.32. The second-order valence-electron chi connectivity index (χ2n) is 5.19. The second-order valence-corrected chi connectivity index (χ2v) is 5.19. The lowest BCUT2D eigenvalue weighted by molar-refractivity contribution is -0.0190. The highest BCUT2D eigenvalue weighted by atomic mass is 19.1. The van der Waals surface area contributed by atoms with Crippen LogP contribution < -0.4 is 0 Å². The van der Waals surface area contributed by atoms with Crippen molar-refractivity contribution >= 4 is 0 Å². The van der Waals surface area contributed by atoms with E-state index in [0.717, 1.165) is 12.8 Å². The first kappa shape index (κ1) is 11.5. The van der Waals surface area contributed by atoms with Crippen LogP contribution in [0.25, 0.3) is 0 Å². The predicted molar refractivity (Wildman–Crippen MR) is 58.0 cm³/mol. The highest BCUT2D eigenvalue weighted by Gasteiger charge is 2.55. The predicted octanol–water partition coefficient (Wildman–Crippen LogP) is 3.28. The Bertz CT molecular complexity index is 434. The number of rotatable bonds is 2. The lowest BCUT2D eigenvalue weighted by atomic mass is 9.80. The van der Waals surface area contributed by atoms with Crippen LogP contribution >= 0.6 is 0 Å². The maximum Gasteiger partial charge on any atom is 0.135 e. The minimum Gasteiger partial charge on any atom is -0.385 e. The first-order chi connectivity index (χ1) is 7.29. The zero-order valence-corrected chi connectivity index (χ0v) is 9.77. The van der Waals surface area contributed by atoms with Crippen molar-refractivity contribution < 1.29 is 13.9 Å². The lowest BCUT2D eigenvalue weighted by Crippen LogP contribution is -2.34. The van der Waals surface area contributed by atoms with E-state index in [1.54, 1.807) is 6.92 Å². The number of benzene rings is 1. The number of aryl methyl sites for hydroxylation is 1. The van der Waals surface area contributed by atoms with Crippen molar-refractivity contribution in [2.24, 2.45) is 5.41 Å². The fourth-order valence-electron chi connectivity index (χ4n) is 2.08. The third kappa shape index (κ3) is 1.46. The summed E-state index contributed by atoms with van der Waals surface area (Å²) in [6.45, 7) is 4.93. The fraction of sp³-hybridized carbons (Fsp3) is 0.538. The maximum absolute atomic E-state index is 13.9. The van der Waals surface area contributed by atoms with Crippen molar-refractivity contribution in [2.45, 2.75) is 39.2 Å². The monoisotopic (exact) mass is 226 g/mol. The molecule has 1 unspecified atom stereocenters. The van der Waals surface area contributed by atoms with Gasteiger partial charge in [0, 0.05) is 5.41 Å². The maximum atomic E-state index is 13.9. The topological polar surface area (TPSA) is 20.2 Å². The van der Waals surface area contributed by atoms with Crippen LogP contribution in [0, 0.1) is 24.0 Å². The van der Waals surface area contributed by atoms with Crippen LogP contribution in [0.2, 0.25) is 0 Å². The molecule has 0 aliphatic heterocycles. The minimum atomic E-state index is -1.44. The van der Waals surface area contributed by atoms with Gasteiger partial charge in [0.05, 0.1) is 11.2 Å². The molecule has 0 amide bonds. The zero-order chi connectivity index (χ0) is 12.1. The van der Waals surface area contributed by atoms with E-state index in [0.29, 0.717) is 5.56 Å². The first-order valence-electron chi connectivity index (χ1n) is 5.47. The van der Waals surface area contributed by atoms with Gasteiger partial charge in [-0.05, 0) is 38.3 Å². The Labute approximate surface area is 94.1 Å². The highest BCUT2D eigenvalue weighted by molar-refractivity contribution is 5.34. The average molecular weight is 226 g/mol. The minimum absolute atomic E-state index is 0.187. The van der Waals surface area contributed by atoms with Crippen molar-refractivity contribution in [1.29, 1.82) is 0 Å². The molecule has 0 bridgehead atoms. The van der Waals surface area contributed by atoms with Crippen LogP contribution in [0.3, 0.4) is 0 Å². The first-order valence-corrected chi connectivity index (χ1v) is 5.47. The van der Waals surface area contributed by atoms with Crippen LogP contribution in [0.15, 0.2) is 12.1 Å². The van der Waals surface area contributed by atoms with Crippen molar-refractivity contribution in [3.05, 3.63) is 34.9 Å². The molecule has 1 atom stereocenters. The summed E-state index contributed by atoms with van der Waals surface area (Å²) in [6.07, 6.45) is 1.60. The van der Waals surface area contributed by atoms with Gasteiger partial charge in [0.2, 0.25) is 0 Å². The van der Waals surface area contributed by atoms with Gasteiger partial charge >= 0.3 is 0 Å². The van der Waals surface area contributed by atoms with Crippen molar-refractivity contribution in [1.82, 2.24) is 0 Å². The average Bonchev–Trinajstić information content (AvgIpc) is 2.92. The molecule has 1 saturated carbocycles. The van der Waals surface area contributed by atoms with E-state index in [1.807, 2.05) is 6.92 Å². The number of hydrogen-bond acceptors (Lipinski definition) is 1. The summed E-state index contributed by atoms with van der Waals surface area (Å²) in [5.74, 6) is -1.29. The van der Waals surface area contributed by atoms with Gasteiger partial charge < -0.3 is 5.11 Å². The molecule has 1 aliphatic carbocycles. The fourth-order valence-corrected chi connectivity index (χ4v) is 2.08. The van der Waals surface area contributed by atoms with Crippen LogP contribution in [0.1, 0.15) is 37.8 Å². The van der Waals surface area contributed by atoms with E-state index in [2.05, 4.69) is 0 Å². The molecule has 3 heteroatoms. The Morgan fingerprint density at radius 1 is 1.31 bits per heavy atom. The van der Waals surface area contributed by atoms with Gasteiger partial charge in [-0.25, -0.2) is 8.78 Å². The van der Waals surface area contributed by atoms with E-state index in [-0.39, 0.29) is 5.56 Å². The van der Waals surface area contributed by atoms with Crippen molar-refractivity contribution in [3.63, 3.8) is 0 Å². The SMILES string of the molecule is Cc1ccc(F)c(C(C)(O)C2(C)CC2)c1F. The molecule has 0 heterocycles. The Morgan fingerprint density at radius 2 is 1.88 bits per heavy atom. The van der Waals surface area contributed by atoms with Gasteiger partial charge in [-0.15, -0.1) is 0 Å². The molecule has 0 spiro atoms. The molecule has 16 heavy (non-hydrogen) atoms. The van der Waals surface area contributed by atoms with Crippen LogP contribution in [0.5, 0.6) is 0 Å². The summed E-state index contributed by atoms with van der Waals surface area (Å²) in [5.41, 5.74) is -1.66. The van der Waals surface area contributed by atoms with E-state index in [4.69, 9.17) is 0 Å². The van der Waals surface area contributed by atoms with E-state index in [9.17, 15) is 13.9 Å². The standard InChI is InChI=1S/C13H16F2O/c1-8-4-5-9(14)10(11(8)15)13(3,16)12(2)6-7-12/h4-5,16H,6-7H2,1-3H3. The molecule has 1 N–H and O–H groups in total. The molecule has 88 valence electrons. The van der Waals surface area contributed by atoms with Gasteiger partial charge in [0.1, 0.15) is 11.6 Å². The largest absolute Gasteiger partial charge is 0.385 e. The third-order valence-electron chi connectivity index (χ3n) is 3.95. The van der Waals surface area contributed by atoms with Crippen LogP contribution in [0.4, 0.5) is 8.78 Å². The Kier molecular flexibility index (Phi) is 2.35. The molecule has 2 rings (SSSR count). The van der Waals surface area contributed by atoms with Crippen molar-refractivity contribution in [3.8, 4) is 0 Å². The number of aliphatic hydroxyl groups is 1. The summed E-state index contributed by atoms with van der Waals surface area (Å²) < 4.78 is 27.6. The molecule has 1 aromatic carbocycles. The second kappa shape index (κ2) is 3.27. The van der Waals surface area contributed by atoms with Crippen LogP contribution in [-0.4, -0.2) is 5.11 Å². The molecule has 0 saturated heterocycles. The molecule has 0 aromatic heterocycles. The van der Waals surface area contributed by atoms with E-state index in [1.165, 1.54) is 19.1 Å². The summed E-state index contributed by atoms with van der Waals surface area (Å²) in [6, 6.07) is 2.60. The quantitative estimate of drug-likeness (QED) is 0.820. The van der Waals surface area contributed by atoms with Gasteiger partial charge in [0.25, 0.3) is 0 Å². The summed E-state index contributed by atoms with van der Waals surface area (Å²) in [4.78, 5) is 0. The smallest absolute Gasteiger partial charge is 0.135 e. The third-order valence-corrected chi connectivity index (χ3v) is 3.95. The molecule has 0 radical (unpaired) electrons. The molecule has 1 aliphatic rings. The zero-order valence-electron chi connectivity index (χ0n) is 9.77. The molecule has 1 fully saturated rings. The molecular weight excluding hydrogens is 210 g/mol. The van der Waals surface area contributed by atoms with E-state index < -0.39 is 22.7 Å². The Balaban J connectivity index is 2.59. The van der Waals surface area contributed by atoms with Gasteiger partial charge in [-0.2, -0.15) is 0 Å². The van der Waals surface area contributed by atoms with Crippen LogP contribution in [-0.2, 0) is 5.60 Å². The summed E-state index contributed by atoms with van der Waals surface area (Å²) in [7, 11) is 0. The normalized spacial score (nSPS) is 21.6. The molecule has 1 nitrogen and oxygen atoms in total. The van der Waals surface area contributed by atoms with E-state index >= 15 is 0 Å². The Hall–Kier alpha value is -0.960. The van der Waals surface area contributed by atoms with Gasteiger partial charge in [-0.3, -0.25) is 0 Å². The Morgan fingerprint density at radius 3 is 2.38 bits per heavy atom.